The Morgan fingerprint density at radius 2 is 1.83 bits per heavy atom. The van der Waals surface area contributed by atoms with E-state index in [1.54, 1.807) is 0 Å². The van der Waals surface area contributed by atoms with Crippen LogP contribution in [0, 0.1) is 5.92 Å². The average Bonchev–Trinajstić information content (AvgIpc) is 2.90. The lowest BCUT2D eigenvalue weighted by atomic mass is 9.92. The molecule has 2 heterocycles. The number of thioether (sulfide) groups is 1. The maximum atomic E-state index is 11.7. The van der Waals surface area contributed by atoms with E-state index in [-0.39, 0.29) is 5.97 Å². The zero-order valence-electron chi connectivity index (χ0n) is 17.1. The first-order valence-electron chi connectivity index (χ1n) is 10.6. The summed E-state index contributed by atoms with van der Waals surface area (Å²) in [6.45, 7) is 5.40. The van der Waals surface area contributed by atoms with Gasteiger partial charge in [0.05, 0.1) is 6.61 Å². The average molecular weight is 408 g/mol. The molecule has 1 saturated heterocycles. The van der Waals surface area contributed by atoms with Crippen molar-refractivity contribution < 1.29 is 9.53 Å². The van der Waals surface area contributed by atoms with Crippen molar-refractivity contribution in [3.05, 3.63) is 71.3 Å². The van der Waals surface area contributed by atoms with Crippen LogP contribution in [0.15, 0.2) is 59.5 Å². The van der Waals surface area contributed by atoms with Gasteiger partial charge in [-0.1, -0.05) is 48.5 Å². The monoisotopic (exact) mass is 407 g/mol. The Bertz CT molecular complexity index is 834. The largest absolute Gasteiger partial charge is 0.466 e. The molecule has 0 N–H and O–H groups in total. The Labute approximate surface area is 178 Å². The minimum Gasteiger partial charge on any atom is -0.466 e. The number of ether oxygens (including phenoxy) is 1. The van der Waals surface area contributed by atoms with E-state index in [0.29, 0.717) is 18.9 Å². The van der Waals surface area contributed by atoms with Crippen LogP contribution in [0.4, 0.5) is 0 Å². The summed E-state index contributed by atoms with van der Waals surface area (Å²) in [6.07, 6.45) is 5.13. The van der Waals surface area contributed by atoms with Gasteiger partial charge in [-0.05, 0) is 67.1 Å². The molecule has 2 aliphatic rings. The predicted octanol–water partition coefficient (Wildman–Crippen LogP) is 5.39. The van der Waals surface area contributed by atoms with E-state index in [1.807, 2.05) is 18.7 Å². The lowest BCUT2D eigenvalue weighted by molar-refractivity contribution is -0.144. The van der Waals surface area contributed by atoms with Crippen LogP contribution in [0.25, 0.3) is 5.57 Å². The fourth-order valence-corrected chi connectivity index (χ4v) is 5.36. The molecule has 0 amide bonds. The molecule has 2 aliphatic heterocycles. The zero-order valence-corrected chi connectivity index (χ0v) is 17.9. The first kappa shape index (κ1) is 20.2. The van der Waals surface area contributed by atoms with Crippen LogP contribution >= 0.6 is 11.8 Å². The minimum atomic E-state index is -0.0442. The second-order valence-corrected chi connectivity index (χ2v) is 8.83. The molecule has 3 nitrogen and oxygen atoms in total. The van der Waals surface area contributed by atoms with Crippen LogP contribution in [-0.2, 0) is 15.3 Å². The Hall–Kier alpha value is -2.04. The van der Waals surface area contributed by atoms with Crippen molar-refractivity contribution in [1.29, 1.82) is 0 Å². The molecular formula is C25H29NO2S. The van der Waals surface area contributed by atoms with Gasteiger partial charge in [0.1, 0.15) is 0 Å². The van der Waals surface area contributed by atoms with Gasteiger partial charge in [-0.25, -0.2) is 0 Å². The van der Waals surface area contributed by atoms with Crippen molar-refractivity contribution in [1.82, 2.24) is 4.90 Å². The smallest absolute Gasteiger partial charge is 0.306 e. The molecular weight excluding hydrogens is 378 g/mol. The number of rotatable bonds is 5. The van der Waals surface area contributed by atoms with Gasteiger partial charge in [-0.15, -0.1) is 11.8 Å². The number of hydrogen-bond donors (Lipinski definition) is 0. The third-order valence-corrected chi connectivity index (χ3v) is 7.01. The van der Waals surface area contributed by atoms with Crippen LogP contribution in [0.3, 0.4) is 0 Å². The standard InChI is InChI=1S/C25H29NO2S/c1-2-28-25(27)17-19-11-14-26(15-12-19)16-13-22-21-8-4-3-7-20(21)18-29-24-10-6-5-9-23(22)24/h3-10,13,19H,2,11-12,14-18H2,1H3/b22-13-. The van der Waals surface area contributed by atoms with E-state index in [2.05, 4.69) is 59.5 Å². The summed E-state index contributed by atoms with van der Waals surface area (Å²) in [7, 11) is 0. The Kier molecular flexibility index (Phi) is 6.73. The molecule has 1 fully saturated rings. The highest BCUT2D eigenvalue weighted by molar-refractivity contribution is 7.98. The van der Waals surface area contributed by atoms with Gasteiger partial charge in [0.2, 0.25) is 0 Å². The third-order valence-electron chi connectivity index (χ3n) is 5.89. The first-order valence-corrected chi connectivity index (χ1v) is 11.6. The molecule has 29 heavy (non-hydrogen) atoms. The number of nitrogens with zero attached hydrogens (tertiary/aromatic N) is 1. The molecule has 152 valence electrons. The van der Waals surface area contributed by atoms with E-state index >= 15 is 0 Å². The second-order valence-electron chi connectivity index (χ2n) is 7.81. The molecule has 2 aromatic rings. The molecule has 0 saturated carbocycles. The third kappa shape index (κ3) is 4.93. The van der Waals surface area contributed by atoms with E-state index in [1.165, 1.54) is 27.2 Å². The van der Waals surface area contributed by atoms with Crippen LogP contribution in [-0.4, -0.2) is 37.1 Å². The fourth-order valence-electron chi connectivity index (χ4n) is 4.29. The summed E-state index contributed by atoms with van der Waals surface area (Å²) in [4.78, 5) is 15.6. The van der Waals surface area contributed by atoms with Crippen LogP contribution in [0.2, 0.25) is 0 Å². The number of carbonyl (C=O) groups is 1. The number of esters is 1. The number of hydrogen-bond acceptors (Lipinski definition) is 4. The van der Waals surface area contributed by atoms with Crippen molar-refractivity contribution in [2.24, 2.45) is 5.92 Å². The minimum absolute atomic E-state index is 0.0442. The quantitative estimate of drug-likeness (QED) is 0.622. The van der Waals surface area contributed by atoms with Crippen molar-refractivity contribution in [2.75, 3.05) is 26.2 Å². The summed E-state index contributed by atoms with van der Waals surface area (Å²) in [5, 5.41) is 0. The van der Waals surface area contributed by atoms with Gasteiger partial charge in [-0.2, -0.15) is 0 Å². The highest BCUT2D eigenvalue weighted by Crippen LogP contribution is 2.39. The first-order chi connectivity index (χ1) is 14.2. The number of likely N-dealkylation sites (tertiary alicyclic amines) is 1. The Morgan fingerprint density at radius 3 is 2.62 bits per heavy atom. The molecule has 4 rings (SSSR count). The maximum absolute atomic E-state index is 11.7. The number of fused-ring (bicyclic) bond motifs is 2. The molecule has 0 spiro atoms. The van der Waals surface area contributed by atoms with Crippen molar-refractivity contribution in [2.45, 2.75) is 36.8 Å². The molecule has 0 aromatic heterocycles. The predicted molar refractivity (Wildman–Crippen MR) is 120 cm³/mol. The molecule has 0 aliphatic carbocycles. The molecule has 0 bridgehead atoms. The maximum Gasteiger partial charge on any atom is 0.306 e. The van der Waals surface area contributed by atoms with E-state index in [0.717, 1.165) is 38.2 Å². The highest BCUT2D eigenvalue weighted by Gasteiger charge is 2.22. The van der Waals surface area contributed by atoms with Gasteiger partial charge < -0.3 is 4.74 Å². The van der Waals surface area contributed by atoms with E-state index in [9.17, 15) is 4.79 Å². The van der Waals surface area contributed by atoms with Gasteiger partial charge in [0.15, 0.2) is 0 Å². The van der Waals surface area contributed by atoms with E-state index < -0.39 is 0 Å². The summed E-state index contributed by atoms with van der Waals surface area (Å²) < 4.78 is 5.11. The second kappa shape index (κ2) is 9.64. The van der Waals surface area contributed by atoms with Crippen LogP contribution in [0.1, 0.15) is 42.9 Å². The Balaban J connectivity index is 1.47. The molecule has 4 heteroatoms. The highest BCUT2D eigenvalue weighted by atomic mass is 32.2. The fraction of sp³-hybridized carbons (Fsp3) is 0.400. The van der Waals surface area contributed by atoms with Crippen molar-refractivity contribution >= 4 is 23.3 Å². The molecule has 0 unspecified atom stereocenters. The van der Waals surface area contributed by atoms with Gasteiger partial charge in [0, 0.05) is 23.6 Å². The topological polar surface area (TPSA) is 29.5 Å². The van der Waals surface area contributed by atoms with Crippen molar-refractivity contribution in [3.63, 3.8) is 0 Å². The summed E-state index contributed by atoms with van der Waals surface area (Å²) in [5.41, 5.74) is 5.48. The Morgan fingerprint density at radius 1 is 1.10 bits per heavy atom. The zero-order chi connectivity index (χ0) is 20.1. The van der Waals surface area contributed by atoms with Crippen LogP contribution in [0.5, 0.6) is 0 Å². The van der Waals surface area contributed by atoms with Gasteiger partial charge >= 0.3 is 5.97 Å². The normalized spacial score (nSPS) is 18.7. The van der Waals surface area contributed by atoms with E-state index in [4.69, 9.17) is 4.74 Å². The molecule has 0 radical (unpaired) electrons. The number of piperidine rings is 1. The SMILES string of the molecule is CCOC(=O)CC1CCN(C/C=C2/c3ccccc3CSc3ccccc32)CC1. The van der Waals surface area contributed by atoms with Crippen LogP contribution < -0.4 is 0 Å². The summed E-state index contributed by atoms with van der Waals surface area (Å²) in [5.74, 6) is 1.44. The summed E-state index contributed by atoms with van der Waals surface area (Å²) in [6, 6.07) is 17.6. The van der Waals surface area contributed by atoms with Gasteiger partial charge in [-0.3, -0.25) is 9.69 Å². The van der Waals surface area contributed by atoms with Gasteiger partial charge in [0.25, 0.3) is 0 Å². The number of benzene rings is 2. The molecule has 0 atom stereocenters. The summed E-state index contributed by atoms with van der Waals surface area (Å²) >= 11 is 1.93. The van der Waals surface area contributed by atoms with Crippen molar-refractivity contribution in [3.8, 4) is 0 Å². The lowest BCUT2D eigenvalue weighted by Gasteiger charge is -2.31. The molecule has 2 aromatic carbocycles. The lowest BCUT2D eigenvalue weighted by Crippen LogP contribution is -2.34. The number of carbonyl (C=O) groups excluding carboxylic acids is 1.